The topological polar surface area (TPSA) is 137 Å². The molecule has 34 heavy (non-hydrogen) atoms. The van der Waals surface area contributed by atoms with Crippen LogP contribution in [0.15, 0.2) is 72.1 Å². The van der Waals surface area contributed by atoms with Crippen molar-refractivity contribution < 1.29 is 28.7 Å². The molecule has 0 aliphatic carbocycles. The average Bonchev–Trinajstić information content (AvgIpc) is 3.30. The van der Waals surface area contributed by atoms with Gasteiger partial charge in [0.25, 0.3) is 11.8 Å². The van der Waals surface area contributed by atoms with Crippen molar-refractivity contribution in [2.75, 3.05) is 11.9 Å². The van der Waals surface area contributed by atoms with Crippen molar-refractivity contribution in [3.63, 3.8) is 0 Å². The Kier molecular flexibility index (Phi) is 8.75. The highest BCUT2D eigenvalue weighted by molar-refractivity contribution is 7.14. The van der Waals surface area contributed by atoms with Gasteiger partial charge in [0, 0.05) is 6.42 Å². The molecule has 3 aromatic rings. The number of amides is 3. The van der Waals surface area contributed by atoms with Gasteiger partial charge in [-0.25, -0.2) is 9.59 Å². The van der Waals surface area contributed by atoms with E-state index in [1.54, 1.807) is 41.8 Å². The molecule has 176 valence electrons. The van der Waals surface area contributed by atoms with Gasteiger partial charge in [0.15, 0.2) is 6.61 Å². The Morgan fingerprint density at radius 3 is 2.18 bits per heavy atom. The van der Waals surface area contributed by atoms with Gasteiger partial charge in [0.2, 0.25) is 0 Å². The van der Waals surface area contributed by atoms with E-state index in [9.17, 15) is 19.2 Å². The van der Waals surface area contributed by atoms with Crippen molar-refractivity contribution in [1.29, 1.82) is 0 Å². The summed E-state index contributed by atoms with van der Waals surface area (Å²) in [5.41, 5.74) is 6.99. The van der Waals surface area contributed by atoms with Crippen molar-refractivity contribution in [3.8, 4) is 0 Å². The third-order valence-electron chi connectivity index (χ3n) is 4.60. The van der Waals surface area contributed by atoms with E-state index in [1.807, 2.05) is 24.3 Å². The fourth-order valence-electron chi connectivity index (χ4n) is 2.95. The van der Waals surface area contributed by atoms with E-state index in [0.29, 0.717) is 0 Å². The van der Waals surface area contributed by atoms with Crippen LogP contribution in [0, 0.1) is 0 Å². The molecule has 0 saturated heterocycles. The molecule has 3 rings (SSSR count). The largest absolute Gasteiger partial charge is 0.454 e. The molecule has 0 saturated carbocycles. The third kappa shape index (κ3) is 7.45. The molecular weight excluding hydrogens is 458 g/mol. The second-order valence-electron chi connectivity index (χ2n) is 7.13. The number of benzene rings is 2. The zero-order valence-corrected chi connectivity index (χ0v) is 18.9. The first kappa shape index (κ1) is 24.5. The van der Waals surface area contributed by atoms with Crippen LogP contribution in [0.25, 0.3) is 0 Å². The lowest BCUT2D eigenvalue weighted by molar-refractivity contribution is -0.149. The van der Waals surface area contributed by atoms with Crippen LogP contribution in [0.3, 0.4) is 0 Å². The Labute approximate surface area is 199 Å². The molecule has 9 nitrogen and oxygen atoms in total. The SMILES string of the molecule is NC(=O)c1ccsc1NC(=O)COC(=O)C(Cc1ccccc1)NC(=O)OCc1ccccc1. The highest BCUT2D eigenvalue weighted by atomic mass is 32.1. The van der Waals surface area contributed by atoms with Gasteiger partial charge in [-0.2, -0.15) is 0 Å². The molecule has 4 N–H and O–H groups in total. The second-order valence-corrected chi connectivity index (χ2v) is 8.05. The summed E-state index contributed by atoms with van der Waals surface area (Å²) in [5, 5.41) is 6.85. The number of alkyl carbamates (subject to hydrolysis) is 1. The zero-order chi connectivity index (χ0) is 24.3. The maximum absolute atomic E-state index is 12.7. The highest BCUT2D eigenvalue weighted by Crippen LogP contribution is 2.22. The first-order chi connectivity index (χ1) is 16.4. The number of primary amides is 1. The maximum Gasteiger partial charge on any atom is 0.408 e. The summed E-state index contributed by atoms with van der Waals surface area (Å²) in [7, 11) is 0. The number of hydrogen-bond donors (Lipinski definition) is 3. The average molecular weight is 482 g/mol. The fraction of sp³-hybridized carbons (Fsp3) is 0.167. The predicted molar refractivity (Wildman–Crippen MR) is 126 cm³/mol. The van der Waals surface area contributed by atoms with Crippen molar-refractivity contribution >= 4 is 40.2 Å². The highest BCUT2D eigenvalue weighted by Gasteiger charge is 2.25. The molecule has 0 fully saturated rings. The summed E-state index contributed by atoms with van der Waals surface area (Å²) in [4.78, 5) is 48.6. The number of nitrogens with one attached hydrogen (secondary N) is 2. The van der Waals surface area contributed by atoms with Crippen LogP contribution >= 0.6 is 11.3 Å². The van der Waals surface area contributed by atoms with Crippen LogP contribution in [0.5, 0.6) is 0 Å². The Morgan fingerprint density at radius 1 is 0.882 bits per heavy atom. The first-order valence-electron chi connectivity index (χ1n) is 10.3. The molecule has 1 unspecified atom stereocenters. The minimum absolute atomic E-state index is 0.0329. The van der Waals surface area contributed by atoms with Gasteiger partial charge in [-0.3, -0.25) is 9.59 Å². The third-order valence-corrected chi connectivity index (χ3v) is 5.43. The lowest BCUT2D eigenvalue weighted by Gasteiger charge is -2.18. The van der Waals surface area contributed by atoms with E-state index >= 15 is 0 Å². The second kappa shape index (κ2) is 12.2. The van der Waals surface area contributed by atoms with Crippen molar-refractivity contribution in [2.24, 2.45) is 5.73 Å². The van der Waals surface area contributed by atoms with Gasteiger partial charge in [0.1, 0.15) is 17.6 Å². The lowest BCUT2D eigenvalue weighted by Crippen LogP contribution is -2.44. The van der Waals surface area contributed by atoms with E-state index in [-0.39, 0.29) is 23.6 Å². The molecule has 2 aromatic carbocycles. The molecule has 0 bridgehead atoms. The van der Waals surface area contributed by atoms with Crippen LogP contribution in [0.1, 0.15) is 21.5 Å². The number of carbonyl (C=O) groups excluding carboxylic acids is 4. The summed E-state index contributed by atoms with van der Waals surface area (Å²) in [6.07, 6.45) is -0.658. The van der Waals surface area contributed by atoms with Gasteiger partial charge < -0.3 is 25.8 Å². The van der Waals surface area contributed by atoms with E-state index in [4.69, 9.17) is 15.2 Å². The lowest BCUT2D eigenvalue weighted by atomic mass is 10.1. The molecule has 3 amide bonds. The maximum atomic E-state index is 12.7. The van der Waals surface area contributed by atoms with E-state index in [0.717, 1.165) is 22.5 Å². The number of hydrogen-bond acceptors (Lipinski definition) is 7. The van der Waals surface area contributed by atoms with Crippen LogP contribution in [0.4, 0.5) is 9.80 Å². The quantitative estimate of drug-likeness (QED) is 0.381. The molecule has 1 aromatic heterocycles. The summed E-state index contributed by atoms with van der Waals surface area (Å²) in [6, 6.07) is 18.5. The monoisotopic (exact) mass is 481 g/mol. The van der Waals surface area contributed by atoms with E-state index < -0.39 is 36.5 Å². The number of rotatable bonds is 10. The standard InChI is InChI=1S/C24H23N3O6S/c25-21(29)18-11-12-34-22(18)27-20(28)15-32-23(30)19(13-16-7-3-1-4-8-16)26-24(31)33-14-17-9-5-2-6-10-17/h1-12,19H,13-15H2,(H2,25,29)(H,26,31)(H,27,28). The number of anilines is 1. The van der Waals surface area contributed by atoms with Crippen LogP contribution < -0.4 is 16.4 Å². The van der Waals surface area contributed by atoms with Gasteiger partial charge in [-0.1, -0.05) is 60.7 Å². The Bertz CT molecular complexity index is 1130. The normalized spacial score (nSPS) is 11.2. The number of thiophene rings is 1. The fourth-order valence-corrected chi connectivity index (χ4v) is 3.76. The minimum Gasteiger partial charge on any atom is -0.454 e. The molecule has 0 aliphatic rings. The van der Waals surface area contributed by atoms with E-state index in [2.05, 4.69) is 10.6 Å². The number of carbonyl (C=O) groups is 4. The smallest absolute Gasteiger partial charge is 0.408 e. The van der Waals surface area contributed by atoms with Crippen LogP contribution in [0.2, 0.25) is 0 Å². The molecule has 10 heteroatoms. The Balaban J connectivity index is 1.58. The molecule has 0 spiro atoms. The van der Waals surface area contributed by atoms with Gasteiger partial charge >= 0.3 is 12.1 Å². The van der Waals surface area contributed by atoms with Gasteiger partial charge in [-0.15, -0.1) is 11.3 Å². The van der Waals surface area contributed by atoms with Crippen LogP contribution in [-0.2, 0) is 32.1 Å². The molecule has 1 atom stereocenters. The summed E-state index contributed by atoms with van der Waals surface area (Å²) >= 11 is 1.11. The summed E-state index contributed by atoms with van der Waals surface area (Å²) < 4.78 is 10.3. The summed E-state index contributed by atoms with van der Waals surface area (Å²) in [6.45, 7) is -0.577. The van der Waals surface area contributed by atoms with Crippen molar-refractivity contribution in [1.82, 2.24) is 5.32 Å². The molecule has 0 radical (unpaired) electrons. The van der Waals surface area contributed by atoms with Gasteiger partial charge in [-0.05, 0) is 22.6 Å². The number of esters is 1. The summed E-state index contributed by atoms with van der Waals surface area (Å²) in [5.74, 6) is -2.14. The number of nitrogens with two attached hydrogens (primary N) is 1. The molecular formula is C24H23N3O6S. The molecule has 0 aliphatic heterocycles. The predicted octanol–water partition coefficient (Wildman–Crippen LogP) is 2.87. The van der Waals surface area contributed by atoms with E-state index in [1.165, 1.54) is 6.07 Å². The van der Waals surface area contributed by atoms with Crippen molar-refractivity contribution in [2.45, 2.75) is 19.1 Å². The van der Waals surface area contributed by atoms with Gasteiger partial charge in [0.05, 0.1) is 5.56 Å². The Morgan fingerprint density at radius 2 is 1.53 bits per heavy atom. The zero-order valence-electron chi connectivity index (χ0n) is 18.1. The Hall–Kier alpha value is -4.18. The molecule has 1 heterocycles. The van der Waals surface area contributed by atoms with Crippen LogP contribution in [-0.4, -0.2) is 36.5 Å². The first-order valence-corrected chi connectivity index (χ1v) is 11.1. The number of ether oxygens (including phenoxy) is 2. The minimum atomic E-state index is -1.08. The van der Waals surface area contributed by atoms with Crippen molar-refractivity contribution in [3.05, 3.63) is 88.8 Å².